The van der Waals surface area contributed by atoms with Gasteiger partial charge in [0.2, 0.25) is 0 Å². The third-order valence-corrected chi connectivity index (χ3v) is 4.16. The van der Waals surface area contributed by atoms with E-state index in [1.807, 2.05) is 35.4 Å². The number of hydrogen-bond acceptors (Lipinski definition) is 2. The van der Waals surface area contributed by atoms with Crippen molar-refractivity contribution in [3.05, 3.63) is 36.0 Å². The summed E-state index contributed by atoms with van der Waals surface area (Å²) >= 11 is 0. The number of aromatic nitrogens is 1. The Labute approximate surface area is 111 Å². The van der Waals surface area contributed by atoms with Crippen molar-refractivity contribution in [1.82, 2.24) is 9.88 Å². The zero-order valence-electron chi connectivity index (χ0n) is 10.6. The quantitative estimate of drug-likeness (QED) is 0.850. The standard InChI is InChI=1S/C15H16N2O2/c18-15(17-8-10-4-5-11(9-17)19-10)13-2-1-3-14-12(13)6-7-16-14/h1-3,6-7,10-11,16H,4-5,8-9H2. The Morgan fingerprint density at radius 2 is 2.00 bits per heavy atom. The zero-order valence-corrected chi connectivity index (χ0v) is 10.6. The van der Waals surface area contributed by atoms with E-state index in [4.69, 9.17) is 4.74 Å². The van der Waals surface area contributed by atoms with Crippen molar-refractivity contribution in [3.63, 3.8) is 0 Å². The molecule has 1 N–H and O–H groups in total. The molecule has 4 rings (SSSR count). The van der Waals surface area contributed by atoms with Gasteiger partial charge in [-0.1, -0.05) is 6.07 Å². The predicted octanol–water partition coefficient (Wildman–Crippen LogP) is 2.17. The van der Waals surface area contributed by atoms with E-state index in [-0.39, 0.29) is 18.1 Å². The number of rotatable bonds is 1. The fraction of sp³-hybridized carbons (Fsp3) is 0.400. The van der Waals surface area contributed by atoms with Crippen molar-refractivity contribution in [2.75, 3.05) is 13.1 Å². The van der Waals surface area contributed by atoms with Gasteiger partial charge in [-0.15, -0.1) is 0 Å². The molecule has 2 unspecified atom stereocenters. The molecule has 1 aromatic carbocycles. The summed E-state index contributed by atoms with van der Waals surface area (Å²) < 4.78 is 5.79. The highest BCUT2D eigenvalue weighted by Gasteiger charge is 2.36. The maximum Gasteiger partial charge on any atom is 0.254 e. The van der Waals surface area contributed by atoms with E-state index in [0.717, 1.165) is 42.4 Å². The van der Waals surface area contributed by atoms with Gasteiger partial charge < -0.3 is 14.6 Å². The summed E-state index contributed by atoms with van der Waals surface area (Å²) in [5.41, 5.74) is 1.81. The normalized spacial score (nSPS) is 26.0. The molecular formula is C15H16N2O2. The molecule has 19 heavy (non-hydrogen) atoms. The lowest BCUT2D eigenvalue weighted by Gasteiger charge is -2.32. The second-order valence-electron chi connectivity index (χ2n) is 5.41. The topological polar surface area (TPSA) is 45.3 Å². The molecule has 2 fully saturated rings. The van der Waals surface area contributed by atoms with Gasteiger partial charge in [-0.3, -0.25) is 4.79 Å². The summed E-state index contributed by atoms with van der Waals surface area (Å²) in [5.74, 6) is 0.130. The highest BCUT2D eigenvalue weighted by Crippen LogP contribution is 2.28. The summed E-state index contributed by atoms with van der Waals surface area (Å²) in [6.07, 6.45) is 4.54. The lowest BCUT2D eigenvalue weighted by atomic mass is 10.1. The molecule has 0 aliphatic carbocycles. The van der Waals surface area contributed by atoms with E-state index in [9.17, 15) is 4.79 Å². The van der Waals surface area contributed by atoms with Gasteiger partial charge in [-0.25, -0.2) is 0 Å². The van der Waals surface area contributed by atoms with Crippen LogP contribution in [0.5, 0.6) is 0 Å². The molecule has 0 saturated carbocycles. The van der Waals surface area contributed by atoms with Crippen LogP contribution in [-0.4, -0.2) is 41.1 Å². The fourth-order valence-electron chi connectivity index (χ4n) is 3.22. The summed E-state index contributed by atoms with van der Waals surface area (Å²) in [5, 5.41) is 1.01. The van der Waals surface area contributed by atoms with Crippen molar-refractivity contribution in [1.29, 1.82) is 0 Å². The Hall–Kier alpha value is -1.81. The van der Waals surface area contributed by atoms with Crippen LogP contribution in [-0.2, 0) is 4.74 Å². The van der Waals surface area contributed by atoms with E-state index in [1.54, 1.807) is 0 Å². The number of likely N-dealkylation sites (tertiary alicyclic amines) is 1. The van der Waals surface area contributed by atoms with E-state index in [0.29, 0.717) is 0 Å². The van der Waals surface area contributed by atoms with Gasteiger partial charge in [0.1, 0.15) is 0 Å². The van der Waals surface area contributed by atoms with Gasteiger partial charge in [-0.2, -0.15) is 0 Å². The third-order valence-electron chi connectivity index (χ3n) is 4.16. The first kappa shape index (κ1) is 11.1. The number of nitrogens with zero attached hydrogens (tertiary/aromatic N) is 1. The Bertz CT molecular complexity index is 622. The average Bonchev–Trinajstić information content (AvgIpc) is 3.04. The highest BCUT2D eigenvalue weighted by atomic mass is 16.5. The molecule has 3 heterocycles. The number of aromatic amines is 1. The number of hydrogen-bond donors (Lipinski definition) is 1. The molecule has 0 radical (unpaired) electrons. The monoisotopic (exact) mass is 256 g/mol. The van der Waals surface area contributed by atoms with E-state index >= 15 is 0 Å². The van der Waals surface area contributed by atoms with E-state index in [1.165, 1.54) is 0 Å². The molecule has 2 aliphatic rings. The number of fused-ring (bicyclic) bond motifs is 3. The predicted molar refractivity (Wildman–Crippen MR) is 72.1 cm³/mol. The fourth-order valence-corrected chi connectivity index (χ4v) is 3.22. The van der Waals surface area contributed by atoms with Gasteiger partial charge in [0.05, 0.1) is 12.2 Å². The molecule has 2 saturated heterocycles. The number of morpholine rings is 1. The van der Waals surface area contributed by atoms with Crippen LogP contribution in [0.2, 0.25) is 0 Å². The van der Waals surface area contributed by atoms with Crippen molar-refractivity contribution < 1.29 is 9.53 Å². The summed E-state index contributed by atoms with van der Waals surface area (Å²) in [7, 11) is 0. The number of amides is 1. The molecule has 2 aliphatic heterocycles. The largest absolute Gasteiger partial charge is 0.371 e. The minimum absolute atomic E-state index is 0.130. The maximum atomic E-state index is 12.7. The third kappa shape index (κ3) is 1.75. The molecule has 2 bridgehead atoms. The van der Waals surface area contributed by atoms with Crippen LogP contribution in [0.3, 0.4) is 0 Å². The van der Waals surface area contributed by atoms with Gasteiger partial charge in [0.25, 0.3) is 5.91 Å². The SMILES string of the molecule is O=C(c1cccc2[nH]ccc12)N1CC2CCC(C1)O2. The lowest BCUT2D eigenvalue weighted by molar-refractivity contribution is -0.0302. The number of benzene rings is 1. The number of carbonyl (C=O) groups excluding carboxylic acids is 1. The lowest BCUT2D eigenvalue weighted by Crippen LogP contribution is -2.45. The first-order valence-electron chi connectivity index (χ1n) is 6.82. The summed E-state index contributed by atoms with van der Waals surface area (Å²) in [6.45, 7) is 1.46. The van der Waals surface area contributed by atoms with Crippen LogP contribution in [0.15, 0.2) is 30.5 Å². The first-order chi connectivity index (χ1) is 9.31. The first-order valence-corrected chi connectivity index (χ1v) is 6.82. The Morgan fingerprint density at radius 1 is 1.21 bits per heavy atom. The number of H-pyrrole nitrogens is 1. The van der Waals surface area contributed by atoms with Gasteiger partial charge in [-0.05, 0) is 31.0 Å². The Kier molecular flexibility index (Phi) is 2.38. The second-order valence-corrected chi connectivity index (χ2v) is 5.41. The minimum atomic E-state index is 0.130. The zero-order chi connectivity index (χ0) is 12.8. The van der Waals surface area contributed by atoms with Crippen molar-refractivity contribution in [3.8, 4) is 0 Å². The summed E-state index contributed by atoms with van der Waals surface area (Å²) in [4.78, 5) is 17.8. The van der Waals surface area contributed by atoms with E-state index < -0.39 is 0 Å². The number of nitrogens with one attached hydrogen (secondary N) is 1. The number of carbonyl (C=O) groups is 1. The molecule has 98 valence electrons. The smallest absolute Gasteiger partial charge is 0.254 e. The van der Waals surface area contributed by atoms with Crippen LogP contribution in [0.25, 0.3) is 10.9 Å². The maximum absolute atomic E-state index is 12.7. The molecule has 2 aromatic rings. The Morgan fingerprint density at radius 3 is 2.79 bits per heavy atom. The van der Waals surface area contributed by atoms with Crippen molar-refractivity contribution in [2.45, 2.75) is 25.0 Å². The van der Waals surface area contributed by atoms with E-state index in [2.05, 4.69) is 4.98 Å². The summed E-state index contributed by atoms with van der Waals surface area (Å²) in [6, 6.07) is 7.81. The minimum Gasteiger partial charge on any atom is -0.371 e. The second kappa shape index (κ2) is 4.10. The molecule has 4 nitrogen and oxygen atoms in total. The molecule has 0 spiro atoms. The van der Waals surface area contributed by atoms with Crippen molar-refractivity contribution >= 4 is 16.8 Å². The van der Waals surface area contributed by atoms with Crippen LogP contribution < -0.4 is 0 Å². The molecule has 1 aromatic heterocycles. The van der Waals surface area contributed by atoms with Gasteiger partial charge in [0, 0.05) is 35.8 Å². The van der Waals surface area contributed by atoms with Crippen LogP contribution in [0.1, 0.15) is 23.2 Å². The van der Waals surface area contributed by atoms with Crippen LogP contribution in [0, 0.1) is 0 Å². The molecule has 2 atom stereocenters. The molecule has 1 amide bonds. The molecular weight excluding hydrogens is 240 g/mol. The van der Waals surface area contributed by atoms with Crippen LogP contribution in [0.4, 0.5) is 0 Å². The molecule has 4 heteroatoms. The highest BCUT2D eigenvalue weighted by molar-refractivity contribution is 6.06. The van der Waals surface area contributed by atoms with Gasteiger partial charge in [0.15, 0.2) is 0 Å². The number of ether oxygens (including phenoxy) is 1. The van der Waals surface area contributed by atoms with Crippen LogP contribution >= 0.6 is 0 Å². The van der Waals surface area contributed by atoms with Gasteiger partial charge >= 0.3 is 0 Å². The Balaban J connectivity index is 1.68. The average molecular weight is 256 g/mol. The van der Waals surface area contributed by atoms with Crippen molar-refractivity contribution in [2.24, 2.45) is 0 Å².